The summed E-state index contributed by atoms with van der Waals surface area (Å²) < 4.78 is 19.8. The van der Waals surface area contributed by atoms with Crippen molar-refractivity contribution in [3.05, 3.63) is 0 Å². The van der Waals surface area contributed by atoms with Crippen molar-refractivity contribution in [2.45, 2.75) is 156 Å². The lowest BCUT2D eigenvalue weighted by Crippen LogP contribution is -2.60. The number of morpholine rings is 1. The summed E-state index contributed by atoms with van der Waals surface area (Å²) in [5, 5.41) is 23.5. The van der Waals surface area contributed by atoms with E-state index in [0.29, 0.717) is 66.5 Å². The Labute approximate surface area is 277 Å². The third-order valence-corrected chi connectivity index (χ3v) is 16.7. The number of rotatable bonds is 6. The number of carbonyl (C=O) groups excluding carboxylic acids is 1. The van der Waals surface area contributed by atoms with Crippen LogP contribution in [-0.2, 0) is 19.0 Å². The monoisotopic (exact) mass is 641 g/mol. The second-order valence-corrected chi connectivity index (χ2v) is 19.2. The van der Waals surface area contributed by atoms with Crippen LogP contribution in [0, 0.1) is 62.6 Å². The van der Waals surface area contributed by atoms with E-state index in [2.05, 4.69) is 48.5 Å². The summed E-state index contributed by atoms with van der Waals surface area (Å²) >= 11 is 0. The number of hydrogen-bond donors (Lipinski definition) is 2. The number of amides is 1. The lowest BCUT2D eigenvalue weighted by molar-refractivity contribution is -0.248. The molecule has 0 aromatic heterocycles. The topological polar surface area (TPSA) is 88.5 Å². The van der Waals surface area contributed by atoms with Gasteiger partial charge in [0.1, 0.15) is 0 Å². The molecule has 5 unspecified atom stereocenters. The van der Waals surface area contributed by atoms with Gasteiger partial charge in [-0.15, -0.1) is 0 Å². The molecule has 46 heavy (non-hydrogen) atoms. The summed E-state index contributed by atoms with van der Waals surface area (Å²) in [6.45, 7) is 18.2. The van der Waals surface area contributed by atoms with Crippen LogP contribution in [0.25, 0.3) is 0 Å². The Kier molecular flexibility index (Phi) is 7.51. The molecule has 2 aliphatic heterocycles. The fourth-order valence-electron chi connectivity index (χ4n) is 14.0. The summed E-state index contributed by atoms with van der Waals surface area (Å²) in [6, 6.07) is 0. The Hall–Kier alpha value is -0.730. The standard InChI is InChI=1S/C39H63NO6/c1-22(2)32(42)25-18-23(3)31-33(45-25)34(43)37(7)27-11-10-26-35(4,5)28(12-13-38(26)21-39(27,38)15-14-36(31,37)6)46-30-20-40(16-17-44-30)29(41)19-24-8-9-24/h22-28,30-34,42-43H,8-21H2,1-7H3/t23-,25?,26?,27?,28+,30+,31+,32-,33?,34+,36-,37-,38-,39?/m1/s1. The van der Waals surface area contributed by atoms with E-state index >= 15 is 0 Å². The maximum Gasteiger partial charge on any atom is 0.223 e. The molecule has 0 bridgehead atoms. The number of hydrogen-bond acceptors (Lipinski definition) is 6. The third kappa shape index (κ3) is 4.29. The molecule has 8 aliphatic rings. The minimum atomic E-state index is -0.495. The Balaban J connectivity index is 1.01. The van der Waals surface area contributed by atoms with Crippen LogP contribution in [0.5, 0.6) is 0 Å². The zero-order chi connectivity index (χ0) is 32.6. The highest BCUT2D eigenvalue weighted by Gasteiger charge is 2.84. The van der Waals surface area contributed by atoms with Gasteiger partial charge in [-0.25, -0.2) is 0 Å². The van der Waals surface area contributed by atoms with E-state index in [-0.39, 0.29) is 52.7 Å². The molecule has 2 saturated heterocycles. The molecule has 0 radical (unpaired) electrons. The lowest BCUT2D eigenvalue weighted by Gasteiger charge is -2.64. The zero-order valence-electron chi connectivity index (χ0n) is 29.8. The molecule has 6 aliphatic carbocycles. The quantitative estimate of drug-likeness (QED) is 0.360. The van der Waals surface area contributed by atoms with Gasteiger partial charge in [0.05, 0.1) is 43.7 Å². The van der Waals surface area contributed by atoms with Gasteiger partial charge in [0, 0.05) is 18.4 Å². The maximum absolute atomic E-state index is 12.9. The van der Waals surface area contributed by atoms with Crippen molar-refractivity contribution in [3.63, 3.8) is 0 Å². The maximum atomic E-state index is 12.9. The average Bonchev–Trinajstić information content (AvgIpc) is 3.93. The van der Waals surface area contributed by atoms with Gasteiger partial charge in [0.2, 0.25) is 5.91 Å². The Morgan fingerprint density at radius 3 is 2.43 bits per heavy atom. The van der Waals surface area contributed by atoms with E-state index in [0.717, 1.165) is 12.8 Å². The van der Waals surface area contributed by atoms with Crippen LogP contribution in [0.15, 0.2) is 0 Å². The van der Waals surface area contributed by atoms with E-state index in [9.17, 15) is 15.0 Å². The predicted molar refractivity (Wildman–Crippen MR) is 175 cm³/mol. The highest BCUT2D eigenvalue weighted by atomic mass is 16.7. The van der Waals surface area contributed by atoms with E-state index in [1.54, 1.807) is 0 Å². The summed E-state index contributed by atoms with van der Waals surface area (Å²) in [4.78, 5) is 14.9. The first-order valence-electron chi connectivity index (χ1n) is 19.3. The second-order valence-electron chi connectivity index (χ2n) is 19.2. The summed E-state index contributed by atoms with van der Waals surface area (Å²) in [5.74, 6) is 2.88. The minimum Gasteiger partial charge on any atom is -0.390 e. The molecule has 0 aromatic carbocycles. The molecule has 6 saturated carbocycles. The van der Waals surface area contributed by atoms with E-state index in [1.165, 1.54) is 51.4 Å². The first-order valence-corrected chi connectivity index (χ1v) is 19.3. The zero-order valence-corrected chi connectivity index (χ0v) is 29.8. The van der Waals surface area contributed by atoms with E-state index < -0.39 is 12.2 Å². The molecule has 2 heterocycles. The average molecular weight is 642 g/mol. The van der Waals surface area contributed by atoms with Crippen LogP contribution in [0.3, 0.4) is 0 Å². The minimum absolute atomic E-state index is 0.0259. The largest absolute Gasteiger partial charge is 0.390 e. The highest BCUT2D eigenvalue weighted by molar-refractivity contribution is 5.76. The van der Waals surface area contributed by atoms with Crippen LogP contribution < -0.4 is 0 Å². The molecule has 2 N–H and O–H groups in total. The van der Waals surface area contributed by atoms with E-state index in [4.69, 9.17) is 14.2 Å². The molecule has 14 atom stereocenters. The predicted octanol–water partition coefficient (Wildman–Crippen LogP) is 6.19. The fraction of sp³-hybridized carbons (Fsp3) is 0.974. The number of carbonyl (C=O) groups is 1. The van der Waals surface area contributed by atoms with Crippen LogP contribution in [0.2, 0.25) is 0 Å². The Morgan fingerprint density at radius 2 is 1.72 bits per heavy atom. The van der Waals surface area contributed by atoms with Gasteiger partial charge in [-0.05, 0) is 121 Å². The lowest BCUT2D eigenvalue weighted by atomic mass is 9.41. The normalized spacial score (nSPS) is 53.0. The van der Waals surface area contributed by atoms with Gasteiger partial charge in [-0.2, -0.15) is 0 Å². The first kappa shape index (κ1) is 32.5. The van der Waals surface area contributed by atoms with Gasteiger partial charge in [0.25, 0.3) is 0 Å². The van der Waals surface area contributed by atoms with Crippen LogP contribution >= 0.6 is 0 Å². The fourth-order valence-corrected chi connectivity index (χ4v) is 14.0. The number of fused-ring (bicyclic) bond motifs is 4. The summed E-state index contributed by atoms with van der Waals surface area (Å²) in [6.07, 6.45) is 10.7. The SMILES string of the molecule is CC(C)[C@@H](O)C1C[C@@H](C)[C@H]2C(O1)[C@H](O)[C@@]1(C)C3CCC4C(C)(C)[C@@H](O[C@H]5CN(C(=O)CC6CC6)CCO5)CC[C@@]45CC35CC[C@]21C. The van der Waals surface area contributed by atoms with Gasteiger partial charge < -0.3 is 29.3 Å². The van der Waals surface area contributed by atoms with Crippen molar-refractivity contribution >= 4 is 5.91 Å². The Morgan fingerprint density at radius 1 is 1.00 bits per heavy atom. The molecular formula is C39H63NO6. The second kappa shape index (κ2) is 10.6. The summed E-state index contributed by atoms with van der Waals surface area (Å²) in [7, 11) is 0. The third-order valence-electron chi connectivity index (χ3n) is 16.7. The smallest absolute Gasteiger partial charge is 0.223 e. The van der Waals surface area contributed by atoms with Crippen molar-refractivity contribution in [1.82, 2.24) is 4.90 Å². The van der Waals surface area contributed by atoms with Crippen molar-refractivity contribution in [2.75, 3.05) is 19.7 Å². The Bertz CT molecular complexity index is 1220. The molecular weight excluding hydrogens is 578 g/mol. The first-order chi connectivity index (χ1) is 21.7. The van der Waals surface area contributed by atoms with Crippen LogP contribution in [0.4, 0.5) is 0 Å². The number of aliphatic hydroxyl groups excluding tert-OH is 2. The van der Waals surface area contributed by atoms with Gasteiger partial charge in [0.15, 0.2) is 6.29 Å². The number of aliphatic hydroxyl groups is 2. The number of nitrogens with zero attached hydrogens (tertiary/aromatic N) is 1. The van der Waals surface area contributed by atoms with Crippen molar-refractivity contribution < 1.29 is 29.2 Å². The van der Waals surface area contributed by atoms with Crippen molar-refractivity contribution in [3.8, 4) is 0 Å². The van der Waals surface area contributed by atoms with Gasteiger partial charge >= 0.3 is 0 Å². The molecule has 7 heteroatoms. The summed E-state index contributed by atoms with van der Waals surface area (Å²) in [5.41, 5.74) is 0.505. The van der Waals surface area contributed by atoms with Crippen LogP contribution in [0.1, 0.15) is 119 Å². The molecule has 260 valence electrons. The van der Waals surface area contributed by atoms with Crippen molar-refractivity contribution in [2.24, 2.45) is 62.6 Å². The van der Waals surface area contributed by atoms with Crippen LogP contribution in [-0.4, -0.2) is 77.5 Å². The highest BCUT2D eigenvalue weighted by Crippen LogP contribution is 2.89. The molecule has 7 nitrogen and oxygen atoms in total. The molecule has 8 fully saturated rings. The molecule has 8 rings (SSSR count). The molecule has 1 amide bonds. The van der Waals surface area contributed by atoms with Gasteiger partial charge in [-0.3, -0.25) is 4.79 Å². The van der Waals surface area contributed by atoms with Gasteiger partial charge in [-0.1, -0.05) is 48.5 Å². The molecule has 2 spiro atoms. The number of ether oxygens (including phenoxy) is 3. The van der Waals surface area contributed by atoms with E-state index in [1.807, 2.05) is 4.90 Å². The molecule has 0 aromatic rings. The van der Waals surface area contributed by atoms with Crippen molar-refractivity contribution in [1.29, 1.82) is 0 Å².